The van der Waals surface area contributed by atoms with E-state index in [1.165, 1.54) is 24.3 Å². The van der Waals surface area contributed by atoms with Crippen LogP contribution in [0.5, 0.6) is 0 Å². The molecule has 1 aromatic carbocycles. The summed E-state index contributed by atoms with van der Waals surface area (Å²) in [5.74, 6) is -3.41. The van der Waals surface area contributed by atoms with Gasteiger partial charge in [-0.05, 0) is 38.1 Å². The molecule has 0 aliphatic carbocycles. The number of thiazole rings is 1. The first-order chi connectivity index (χ1) is 9.80. The van der Waals surface area contributed by atoms with Crippen LogP contribution in [0.1, 0.15) is 15.6 Å². The van der Waals surface area contributed by atoms with Crippen LogP contribution >= 0.6 is 11.3 Å². The Morgan fingerprint density at radius 1 is 1.24 bits per heavy atom. The molecule has 0 unspecified atom stereocenters. The van der Waals surface area contributed by atoms with Crippen molar-refractivity contribution in [3.05, 3.63) is 39.8 Å². The van der Waals surface area contributed by atoms with Crippen LogP contribution in [0.4, 0.5) is 14.5 Å². The quantitative estimate of drug-likeness (QED) is 0.912. The molecule has 2 rings (SSSR count). The van der Waals surface area contributed by atoms with Crippen LogP contribution in [-0.2, 0) is 16.4 Å². The van der Waals surface area contributed by atoms with Gasteiger partial charge in [0.2, 0.25) is 9.84 Å². The molecular weight excluding hydrogens is 318 g/mol. The maximum Gasteiger partial charge on any atom is 0.341 e. The largest absolute Gasteiger partial charge is 0.379 e. The van der Waals surface area contributed by atoms with Crippen LogP contribution in [-0.4, -0.2) is 19.2 Å². The van der Waals surface area contributed by atoms with Crippen LogP contribution < -0.4 is 5.32 Å². The highest BCUT2D eigenvalue weighted by Gasteiger charge is 2.26. The van der Waals surface area contributed by atoms with Gasteiger partial charge in [-0.3, -0.25) is 0 Å². The fourth-order valence-electron chi connectivity index (χ4n) is 1.66. The predicted molar refractivity (Wildman–Crippen MR) is 78.5 cm³/mol. The second-order valence-corrected chi connectivity index (χ2v) is 7.64. The van der Waals surface area contributed by atoms with Gasteiger partial charge in [0.05, 0.1) is 17.1 Å². The van der Waals surface area contributed by atoms with E-state index in [0.29, 0.717) is 12.2 Å². The summed E-state index contributed by atoms with van der Waals surface area (Å²) in [6.07, 6.45) is 0. The Bertz CT molecular complexity index is 706. The number of halogens is 2. The minimum Gasteiger partial charge on any atom is -0.379 e. The van der Waals surface area contributed by atoms with Gasteiger partial charge in [-0.25, -0.2) is 13.4 Å². The van der Waals surface area contributed by atoms with Crippen molar-refractivity contribution < 1.29 is 17.2 Å². The molecule has 0 atom stereocenters. The van der Waals surface area contributed by atoms with Crippen molar-refractivity contribution in [2.75, 3.05) is 5.32 Å². The predicted octanol–water partition coefficient (Wildman–Crippen LogP) is 3.37. The number of alkyl halides is 2. The fraction of sp³-hybridized carbons (Fsp3) is 0.308. The summed E-state index contributed by atoms with van der Waals surface area (Å²) in [7, 11) is -4.53. The molecule has 1 N–H and O–H groups in total. The van der Waals surface area contributed by atoms with E-state index in [4.69, 9.17) is 0 Å². The number of benzene rings is 1. The van der Waals surface area contributed by atoms with Crippen LogP contribution in [0.2, 0.25) is 0 Å². The summed E-state index contributed by atoms with van der Waals surface area (Å²) in [6, 6.07) is 5.26. The number of hydrogen-bond donors (Lipinski definition) is 1. The second-order valence-electron chi connectivity index (χ2n) is 4.43. The van der Waals surface area contributed by atoms with Gasteiger partial charge in [0.1, 0.15) is 5.01 Å². The highest BCUT2D eigenvalue weighted by atomic mass is 32.2. The molecule has 0 saturated heterocycles. The number of nitrogens with zero attached hydrogens (tertiary/aromatic N) is 1. The lowest BCUT2D eigenvalue weighted by molar-refractivity contribution is 0.234. The summed E-state index contributed by atoms with van der Waals surface area (Å²) in [6.45, 7) is 4.42. The number of anilines is 1. The van der Waals surface area contributed by atoms with E-state index in [1.807, 2.05) is 13.8 Å². The SMILES string of the molecule is Cc1nc(CNc2ccc(S(=O)(=O)C(F)F)cc2)sc1C. The van der Waals surface area contributed by atoms with Crippen molar-refractivity contribution in [1.29, 1.82) is 0 Å². The molecule has 21 heavy (non-hydrogen) atoms. The molecule has 4 nitrogen and oxygen atoms in total. The maximum atomic E-state index is 12.4. The van der Waals surface area contributed by atoms with Gasteiger partial charge in [0, 0.05) is 10.6 Å². The third-order valence-corrected chi connectivity index (χ3v) is 5.41. The summed E-state index contributed by atoms with van der Waals surface area (Å²) in [4.78, 5) is 5.12. The molecule has 0 amide bonds. The van der Waals surface area contributed by atoms with Crippen LogP contribution in [0, 0.1) is 13.8 Å². The van der Waals surface area contributed by atoms with Gasteiger partial charge in [0.15, 0.2) is 0 Å². The average Bonchev–Trinajstić information content (AvgIpc) is 2.76. The number of rotatable bonds is 5. The zero-order chi connectivity index (χ0) is 15.6. The number of aromatic nitrogens is 1. The van der Waals surface area contributed by atoms with Crippen LogP contribution in [0.25, 0.3) is 0 Å². The molecule has 8 heteroatoms. The first-order valence-electron chi connectivity index (χ1n) is 6.09. The van der Waals surface area contributed by atoms with Gasteiger partial charge in [0.25, 0.3) is 0 Å². The highest BCUT2D eigenvalue weighted by Crippen LogP contribution is 2.21. The van der Waals surface area contributed by atoms with Crippen molar-refractivity contribution in [3.63, 3.8) is 0 Å². The van der Waals surface area contributed by atoms with Crippen LogP contribution in [0.15, 0.2) is 29.2 Å². The number of hydrogen-bond acceptors (Lipinski definition) is 5. The first kappa shape index (κ1) is 15.8. The topological polar surface area (TPSA) is 59.1 Å². The summed E-state index contributed by atoms with van der Waals surface area (Å²) in [5.41, 5.74) is 1.63. The van der Waals surface area contributed by atoms with E-state index in [0.717, 1.165) is 15.6 Å². The maximum absolute atomic E-state index is 12.4. The Labute approximate surface area is 125 Å². The molecule has 0 aliphatic heterocycles. The second kappa shape index (κ2) is 6.07. The van der Waals surface area contributed by atoms with E-state index >= 15 is 0 Å². The molecule has 114 valence electrons. The molecule has 1 aromatic heterocycles. The van der Waals surface area contributed by atoms with E-state index < -0.39 is 15.6 Å². The lowest BCUT2D eigenvalue weighted by Crippen LogP contribution is -2.11. The van der Waals surface area contributed by atoms with Gasteiger partial charge >= 0.3 is 5.76 Å². The van der Waals surface area contributed by atoms with Gasteiger partial charge in [-0.2, -0.15) is 8.78 Å². The molecule has 1 heterocycles. The minimum atomic E-state index is -4.53. The number of sulfone groups is 1. The Morgan fingerprint density at radius 2 is 1.86 bits per heavy atom. The van der Waals surface area contributed by atoms with Crippen molar-refractivity contribution in [1.82, 2.24) is 4.98 Å². The molecule has 0 saturated carbocycles. The molecular formula is C13H14F2N2O2S2. The van der Waals surface area contributed by atoms with Crippen molar-refractivity contribution in [2.45, 2.75) is 31.0 Å². The van der Waals surface area contributed by atoms with E-state index in [2.05, 4.69) is 10.3 Å². The summed E-state index contributed by atoms with van der Waals surface area (Å²) < 4.78 is 47.4. The lowest BCUT2D eigenvalue weighted by Gasteiger charge is -2.06. The van der Waals surface area contributed by atoms with Gasteiger partial charge in [-0.15, -0.1) is 11.3 Å². The Morgan fingerprint density at radius 3 is 2.33 bits per heavy atom. The zero-order valence-electron chi connectivity index (χ0n) is 11.4. The smallest absolute Gasteiger partial charge is 0.341 e. The molecule has 0 bridgehead atoms. The summed E-state index contributed by atoms with van der Waals surface area (Å²) in [5, 5.41) is 3.99. The fourth-order valence-corrected chi connectivity index (χ4v) is 3.25. The zero-order valence-corrected chi connectivity index (χ0v) is 13.1. The molecule has 0 radical (unpaired) electrons. The average molecular weight is 332 g/mol. The van der Waals surface area contributed by atoms with Crippen molar-refractivity contribution in [2.24, 2.45) is 0 Å². The molecule has 0 spiro atoms. The minimum absolute atomic E-state index is 0.385. The Kier molecular flexibility index (Phi) is 4.58. The van der Waals surface area contributed by atoms with E-state index in [1.54, 1.807) is 11.3 Å². The third-order valence-electron chi connectivity index (χ3n) is 2.93. The monoisotopic (exact) mass is 332 g/mol. The van der Waals surface area contributed by atoms with Gasteiger partial charge in [-0.1, -0.05) is 0 Å². The molecule has 2 aromatic rings. The van der Waals surface area contributed by atoms with Crippen molar-refractivity contribution >= 4 is 26.9 Å². The number of nitrogens with one attached hydrogen (secondary N) is 1. The highest BCUT2D eigenvalue weighted by molar-refractivity contribution is 7.91. The van der Waals surface area contributed by atoms with E-state index in [9.17, 15) is 17.2 Å². The Hall–Kier alpha value is -1.54. The standard InChI is InChI=1S/C13H14F2N2O2S2/c1-8-9(2)20-12(17-8)7-16-10-3-5-11(6-4-10)21(18,19)13(14)15/h3-6,13,16H,7H2,1-2H3. The first-order valence-corrected chi connectivity index (χ1v) is 8.46. The van der Waals surface area contributed by atoms with Crippen molar-refractivity contribution in [3.8, 4) is 0 Å². The Balaban J connectivity index is 2.06. The number of aryl methyl sites for hydroxylation is 2. The van der Waals surface area contributed by atoms with Gasteiger partial charge < -0.3 is 5.32 Å². The van der Waals surface area contributed by atoms with Crippen LogP contribution in [0.3, 0.4) is 0 Å². The van der Waals surface area contributed by atoms with E-state index in [-0.39, 0.29) is 4.90 Å². The molecule has 0 aliphatic rings. The molecule has 0 fully saturated rings. The normalized spacial score (nSPS) is 11.9. The third kappa shape index (κ3) is 3.56. The lowest BCUT2D eigenvalue weighted by atomic mass is 10.3. The summed E-state index contributed by atoms with van der Waals surface area (Å²) >= 11 is 1.58.